The van der Waals surface area contributed by atoms with Crippen LogP contribution < -0.4 is 4.74 Å². The molecule has 4 rings (SSSR count). The number of carboxylic acids is 1. The standard InChI is InChI=1S/C29H29F6NO5S/c30-28(31,32)25-19(10-12-24(37)36-13-15-40-16-14-36)9-11-23(26(25)29(33,34)35)42-22-4-2-1-3-21(22)41-17-18-5-7-20(8-6-18)27(38)39/h1-4,9-12,18,20H,5-8,13-17H2,(H,38,39)/b12-10+/t18-,20-. The number of aliphatic carboxylic acids is 1. The van der Waals surface area contributed by atoms with Gasteiger partial charge in [-0.05, 0) is 61.4 Å². The van der Waals surface area contributed by atoms with Gasteiger partial charge in [0.1, 0.15) is 5.75 Å². The van der Waals surface area contributed by atoms with Crippen LogP contribution in [0.1, 0.15) is 42.4 Å². The fourth-order valence-corrected chi connectivity index (χ4v) is 6.08. The number of amides is 1. The lowest BCUT2D eigenvalue weighted by Gasteiger charge is -2.26. The second kappa shape index (κ2) is 13.4. The summed E-state index contributed by atoms with van der Waals surface area (Å²) in [6.07, 6.45) is -6.90. The molecule has 13 heteroatoms. The van der Waals surface area contributed by atoms with E-state index in [1.54, 1.807) is 12.1 Å². The maximum atomic E-state index is 14.3. The van der Waals surface area contributed by atoms with Crippen molar-refractivity contribution >= 4 is 29.7 Å². The van der Waals surface area contributed by atoms with Crippen molar-refractivity contribution in [1.29, 1.82) is 0 Å². The van der Waals surface area contributed by atoms with Gasteiger partial charge >= 0.3 is 18.3 Å². The zero-order valence-corrected chi connectivity index (χ0v) is 23.2. The summed E-state index contributed by atoms with van der Waals surface area (Å²) in [5.74, 6) is -1.62. The molecule has 1 saturated heterocycles. The van der Waals surface area contributed by atoms with Crippen molar-refractivity contribution < 1.29 is 50.5 Å². The number of halogens is 6. The van der Waals surface area contributed by atoms with E-state index in [2.05, 4.69) is 0 Å². The van der Waals surface area contributed by atoms with Crippen LogP contribution in [0.25, 0.3) is 6.08 Å². The predicted molar refractivity (Wildman–Crippen MR) is 142 cm³/mol. The molecule has 0 atom stereocenters. The summed E-state index contributed by atoms with van der Waals surface area (Å²) in [5, 5.41) is 9.17. The number of hydrogen-bond donors (Lipinski definition) is 1. The van der Waals surface area contributed by atoms with Gasteiger partial charge in [0.05, 0.1) is 41.8 Å². The molecular weight excluding hydrogens is 588 g/mol. The van der Waals surface area contributed by atoms with Crippen LogP contribution in [0, 0.1) is 11.8 Å². The Morgan fingerprint density at radius 2 is 1.57 bits per heavy atom. The van der Waals surface area contributed by atoms with E-state index in [1.165, 1.54) is 17.0 Å². The Labute approximate surface area is 242 Å². The highest BCUT2D eigenvalue weighted by molar-refractivity contribution is 7.99. The number of carbonyl (C=O) groups is 2. The fraction of sp³-hybridized carbons (Fsp3) is 0.448. The molecule has 1 saturated carbocycles. The maximum absolute atomic E-state index is 14.3. The highest BCUT2D eigenvalue weighted by Crippen LogP contribution is 2.49. The molecule has 0 spiro atoms. The van der Waals surface area contributed by atoms with Gasteiger partial charge in [0.15, 0.2) is 0 Å². The molecule has 228 valence electrons. The molecule has 0 unspecified atom stereocenters. The van der Waals surface area contributed by atoms with Gasteiger partial charge in [-0.2, -0.15) is 26.3 Å². The summed E-state index contributed by atoms with van der Waals surface area (Å²) in [6.45, 7) is 1.17. The van der Waals surface area contributed by atoms with E-state index in [1.807, 2.05) is 0 Å². The number of carbonyl (C=O) groups excluding carboxylic acids is 1. The number of morpholine rings is 1. The van der Waals surface area contributed by atoms with Crippen LogP contribution in [0.4, 0.5) is 26.3 Å². The summed E-state index contributed by atoms with van der Waals surface area (Å²) in [5.41, 5.74) is -4.50. The fourth-order valence-electron chi connectivity index (χ4n) is 5.02. The smallest absolute Gasteiger partial charge is 0.418 e. The van der Waals surface area contributed by atoms with Crippen LogP contribution in [0.5, 0.6) is 5.75 Å². The number of ether oxygens (including phenoxy) is 2. The first-order valence-electron chi connectivity index (χ1n) is 13.3. The minimum Gasteiger partial charge on any atom is -0.492 e. The normalized spacial score (nSPS) is 20.1. The number of para-hydroxylation sites is 1. The van der Waals surface area contributed by atoms with Gasteiger partial charge in [-0.25, -0.2) is 0 Å². The summed E-state index contributed by atoms with van der Waals surface area (Å²) >= 11 is 0.509. The predicted octanol–water partition coefficient (Wildman–Crippen LogP) is 7.02. The van der Waals surface area contributed by atoms with E-state index < -0.39 is 51.7 Å². The third kappa shape index (κ3) is 8.00. The van der Waals surface area contributed by atoms with Crippen LogP contribution in [0.2, 0.25) is 0 Å². The van der Waals surface area contributed by atoms with Gasteiger partial charge < -0.3 is 19.5 Å². The summed E-state index contributed by atoms with van der Waals surface area (Å²) in [4.78, 5) is 24.5. The first kappa shape index (κ1) is 31.7. The lowest BCUT2D eigenvalue weighted by atomic mass is 9.82. The van der Waals surface area contributed by atoms with Crippen LogP contribution >= 0.6 is 11.8 Å². The molecule has 2 fully saturated rings. The van der Waals surface area contributed by atoms with Crippen molar-refractivity contribution in [3.8, 4) is 5.75 Å². The molecule has 0 radical (unpaired) electrons. The van der Waals surface area contributed by atoms with Crippen molar-refractivity contribution in [2.24, 2.45) is 11.8 Å². The monoisotopic (exact) mass is 617 g/mol. The molecule has 1 N–H and O–H groups in total. The zero-order chi connectivity index (χ0) is 30.5. The van der Waals surface area contributed by atoms with Gasteiger partial charge in [0.25, 0.3) is 0 Å². The second-order valence-electron chi connectivity index (χ2n) is 10.1. The van der Waals surface area contributed by atoms with Gasteiger partial charge in [0, 0.05) is 24.1 Å². The topological polar surface area (TPSA) is 76.1 Å². The van der Waals surface area contributed by atoms with E-state index in [0.717, 1.165) is 24.3 Å². The maximum Gasteiger partial charge on any atom is 0.418 e. The van der Waals surface area contributed by atoms with Gasteiger partial charge in [-0.1, -0.05) is 30.0 Å². The van der Waals surface area contributed by atoms with E-state index in [0.29, 0.717) is 37.4 Å². The number of carboxylic acid groups (broad SMARTS) is 1. The van der Waals surface area contributed by atoms with E-state index in [9.17, 15) is 41.0 Å². The zero-order valence-electron chi connectivity index (χ0n) is 22.3. The first-order valence-corrected chi connectivity index (χ1v) is 14.1. The molecule has 1 aliphatic carbocycles. The molecule has 2 aromatic rings. The molecule has 6 nitrogen and oxygen atoms in total. The summed E-state index contributed by atoms with van der Waals surface area (Å²) in [6, 6.07) is 8.02. The van der Waals surface area contributed by atoms with Crippen molar-refractivity contribution in [2.75, 3.05) is 32.9 Å². The Hall–Kier alpha value is -3.19. The van der Waals surface area contributed by atoms with E-state index in [-0.39, 0.29) is 49.5 Å². The minimum atomic E-state index is -5.37. The average molecular weight is 618 g/mol. The summed E-state index contributed by atoms with van der Waals surface area (Å²) in [7, 11) is 0. The van der Waals surface area contributed by atoms with Gasteiger partial charge in [-0.3, -0.25) is 9.59 Å². The van der Waals surface area contributed by atoms with E-state index in [4.69, 9.17) is 9.47 Å². The van der Waals surface area contributed by atoms with E-state index >= 15 is 0 Å². The largest absolute Gasteiger partial charge is 0.492 e. The second-order valence-corrected chi connectivity index (χ2v) is 11.2. The number of alkyl halides is 6. The Bertz CT molecular complexity index is 1300. The molecule has 2 aromatic carbocycles. The lowest BCUT2D eigenvalue weighted by Crippen LogP contribution is -2.39. The number of nitrogens with zero attached hydrogens (tertiary/aromatic N) is 1. The molecule has 1 heterocycles. The highest BCUT2D eigenvalue weighted by atomic mass is 32.2. The molecule has 0 aromatic heterocycles. The summed E-state index contributed by atoms with van der Waals surface area (Å²) < 4.78 is 96.5. The average Bonchev–Trinajstić information content (AvgIpc) is 2.95. The minimum absolute atomic E-state index is 0.0486. The SMILES string of the molecule is O=C(/C=C/c1ccc(Sc2ccccc2OC[C@H]2CC[C@H](C(=O)O)CC2)c(C(F)(F)F)c1C(F)(F)F)N1CCOCC1. The molecule has 2 aliphatic rings. The van der Waals surface area contributed by atoms with Crippen molar-refractivity contribution in [3.05, 3.63) is 59.2 Å². The molecule has 0 bridgehead atoms. The van der Waals surface area contributed by atoms with Gasteiger partial charge in [-0.15, -0.1) is 0 Å². The number of benzene rings is 2. The van der Waals surface area contributed by atoms with Crippen LogP contribution in [0.3, 0.4) is 0 Å². The third-order valence-electron chi connectivity index (χ3n) is 7.23. The number of hydrogen-bond acceptors (Lipinski definition) is 5. The van der Waals surface area contributed by atoms with Crippen molar-refractivity contribution in [2.45, 2.75) is 47.8 Å². The van der Waals surface area contributed by atoms with Gasteiger partial charge in [0.2, 0.25) is 5.91 Å². The Kier molecular flexibility index (Phi) is 10.1. The molecule has 42 heavy (non-hydrogen) atoms. The quantitative estimate of drug-likeness (QED) is 0.254. The lowest BCUT2D eigenvalue weighted by molar-refractivity contribution is -0.163. The van der Waals surface area contributed by atoms with Crippen LogP contribution in [-0.4, -0.2) is 54.8 Å². The Morgan fingerprint density at radius 1 is 0.929 bits per heavy atom. The molecule has 1 amide bonds. The van der Waals surface area contributed by atoms with Crippen molar-refractivity contribution in [1.82, 2.24) is 4.90 Å². The Balaban J connectivity index is 1.61. The number of rotatable bonds is 8. The van der Waals surface area contributed by atoms with Crippen molar-refractivity contribution in [3.63, 3.8) is 0 Å². The highest BCUT2D eigenvalue weighted by Gasteiger charge is 2.46. The van der Waals surface area contributed by atoms with Crippen LogP contribution in [0.15, 0.2) is 52.3 Å². The van der Waals surface area contributed by atoms with Crippen LogP contribution in [-0.2, 0) is 26.7 Å². The first-order chi connectivity index (χ1) is 19.8. The third-order valence-corrected chi connectivity index (χ3v) is 8.35. The molecule has 1 aliphatic heterocycles. The molecular formula is C29H29F6NO5S. The Morgan fingerprint density at radius 3 is 2.19 bits per heavy atom.